The third kappa shape index (κ3) is 2.94. The summed E-state index contributed by atoms with van der Waals surface area (Å²) >= 11 is 0. The molecule has 1 unspecified atom stereocenters. The van der Waals surface area contributed by atoms with Crippen LogP contribution in [0.3, 0.4) is 0 Å². The predicted molar refractivity (Wildman–Crippen MR) is 67.1 cm³/mol. The molecule has 0 aliphatic carbocycles. The lowest BCUT2D eigenvalue weighted by atomic mass is 10.1. The summed E-state index contributed by atoms with van der Waals surface area (Å²) < 4.78 is 6.35. The molecule has 1 atom stereocenters. The lowest BCUT2D eigenvalue weighted by molar-refractivity contribution is -0.139. The molecule has 2 rings (SSSR count). The van der Waals surface area contributed by atoms with Gasteiger partial charge in [-0.3, -0.25) is 4.79 Å². The molecule has 1 amide bonds. The topological polar surface area (TPSA) is 124 Å². The smallest absolute Gasteiger partial charge is 0.358 e. The van der Waals surface area contributed by atoms with Gasteiger partial charge in [-0.05, 0) is 6.42 Å². The van der Waals surface area contributed by atoms with Crippen molar-refractivity contribution in [2.75, 3.05) is 26.8 Å². The van der Waals surface area contributed by atoms with Crippen LogP contribution in [0.5, 0.6) is 0 Å². The number of hydrogen-bond acceptors (Lipinski definition) is 6. The second-order valence-corrected chi connectivity index (χ2v) is 4.67. The summed E-state index contributed by atoms with van der Waals surface area (Å²) in [5.41, 5.74) is 5.65. The van der Waals surface area contributed by atoms with E-state index in [1.165, 1.54) is 10.9 Å². The molecule has 20 heavy (non-hydrogen) atoms. The standard InChI is InChI=1S/C11H17N5O4/c1-20-3-2-8(12)10(17)15-4-7(5-15)16-6-9(11(18)19)13-14-16/h6-8H,2-5,12H2,1H3,(H,18,19). The number of carboxylic acids is 1. The maximum absolute atomic E-state index is 11.9. The molecule has 9 nitrogen and oxygen atoms in total. The summed E-state index contributed by atoms with van der Waals surface area (Å²) in [6.07, 6.45) is 1.84. The van der Waals surface area contributed by atoms with E-state index >= 15 is 0 Å². The van der Waals surface area contributed by atoms with Crippen LogP contribution >= 0.6 is 0 Å². The first-order valence-electron chi connectivity index (χ1n) is 6.21. The molecule has 1 saturated heterocycles. The molecule has 0 aromatic carbocycles. The Labute approximate surface area is 115 Å². The minimum Gasteiger partial charge on any atom is -0.476 e. The third-order valence-corrected chi connectivity index (χ3v) is 3.23. The number of nitrogens with zero attached hydrogens (tertiary/aromatic N) is 4. The fourth-order valence-corrected chi connectivity index (χ4v) is 1.96. The average Bonchev–Trinajstić information content (AvgIpc) is 2.83. The molecular formula is C11H17N5O4. The molecular weight excluding hydrogens is 266 g/mol. The number of amides is 1. The highest BCUT2D eigenvalue weighted by molar-refractivity contribution is 5.84. The van der Waals surface area contributed by atoms with E-state index in [-0.39, 0.29) is 17.6 Å². The molecule has 110 valence electrons. The van der Waals surface area contributed by atoms with Crippen molar-refractivity contribution in [3.8, 4) is 0 Å². The summed E-state index contributed by atoms with van der Waals surface area (Å²) in [5, 5.41) is 16.0. The van der Waals surface area contributed by atoms with Gasteiger partial charge in [-0.25, -0.2) is 9.48 Å². The van der Waals surface area contributed by atoms with Gasteiger partial charge in [0.1, 0.15) is 0 Å². The van der Waals surface area contributed by atoms with Crippen LogP contribution in [0.15, 0.2) is 6.20 Å². The number of rotatable bonds is 6. The maximum Gasteiger partial charge on any atom is 0.358 e. The fraction of sp³-hybridized carbons (Fsp3) is 0.636. The molecule has 0 spiro atoms. The predicted octanol–water partition coefficient (Wildman–Crippen LogP) is -1.28. The Morgan fingerprint density at radius 1 is 1.60 bits per heavy atom. The van der Waals surface area contributed by atoms with E-state index in [0.717, 1.165) is 0 Å². The number of carbonyl (C=O) groups excluding carboxylic acids is 1. The van der Waals surface area contributed by atoms with Crippen molar-refractivity contribution in [3.05, 3.63) is 11.9 Å². The maximum atomic E-state index is 11.9. The zero-order valence-electron chi connectivity index (χ0n) is 11.1. The number of ether oxygens (including phenoxy) is 1. The second kappa shape index (κ2) is 5.97. The van der Waals surface area contributed by atoms with Crippen LogP contribution in [0.2, 0.25) is 0 Å². The van der Waals surface area contributed by atoms with E-state index in [4.69, 9.17) is 15.6 Å². The molecule has 9 heteroatoms. The molecule has 0 saturated carbocycles. The van der Waals surface area contributed by atoms with Crippen LogP contribution < -0.4 is 5.73 Å². The fourth-order valence-electron chi connectivity index (χ4n) is 1.96. The van der Waals surface area contributed by atoms with Gasteiger partial charge in [-0.2, -0.15) is 0 Å². The van der Waals surface area contributed by atoms with Crippen molar-refractivity contribution in [2.45, 2.75) is 18.5 Å². The Morgan fingerprint density at radius 2 is 2.30 bits per heavy atom. The minimum absolute atomic E-state index is 0.0471. The number of carbonyl (C=O) groups is 2. The van der Waals surface area contributed by atoms with Gasteiger partial charge in [0, 0.05) is 26.8 Å². The monoisotopic (exact) mass is 283 g/mol. The summed E-state index contributed by atoms with van der Waals surface area (Å²) in [4.78, 5) is 24.2. The van der Waals surface area contributed by atoms with E-state index < -0.39 is 12.0 Å². The highest BCUT2D eigenvalue weighted by atomic mass is 16.5. The van der Waals surface area contributed by atoms with Crippen molar-refractivity contribution < 1.29 is 19.4 Å². The van der Waals surface area contributed by atoms with Crippen LogP contribution in [0.25, 0.3) is 0 Å². The number of hydrogen-bond donors (Lipinski definition) is 2. The number of carboxylic acid groups (broad SMARTS) is 1. The second-order valence-electron chi connectivity index (χ2n) is 4.67. The van der Waals surface area contributed by atoms with Crippen LogP contribution in [-0.4, -0.2) is 69.7 Å². The Morgan fingerprint density at radius 3 is 2.85 bits per heavy atom. The number of likely N-dealkylation sites (tertiary alicyclic amines) is 1. The molecule has 0 radical (unpaired) electrons. The van der Waals surface area contributed by atoms with Crippen molar-refractivity contribution in [1.82, 2.24) is 19.9 Å². The molecule has 1 aliphatic heterocycles. The van der Waals surface area contributed by atoms with E-state index in [1.54, 1.807) is 12.0 Å². The quantitative estimate of drug-likeness (QED) is 0.666. The van der Waals surface area contributed by atoms with Gasteiger partial charge in [-0.1, -0.05) is 5.21 Å². The van der Waals surface area contributed by atoms with Gasteiger partial charge in [0.2, 0.25) is 5.91 Å². The molecule has 1 aromatic heterocycles. The molecule has 2 heterocycles. The normalized spacial score (nSPS) is 16.8. The van der Waals surface area contributed by atoms with E-state index in [0.29, 0.717) is 26.1 Å². The molecule has 1 aromatic rings. The van der Waals surface area contributed by atoms with Crippen LogP contribution in [0.1, 0.15) is 23.0 Å². The molecule has 3 N–H and O–H groups in total. The minimum atomic E-state index is -1.12. The zero-order valence-corrected chi connectivity index (χ0v) is 11.1. The van der Waals surface area contributed by atoms with E-state index in [2.05, 4.69) is 10.3 Å². The number of aromatic nitrogens is 3. The van der Waals surface area contributed by atoms with Crippen molar-refractivity contribution in [1.29, 1.82) is 0 Å². The Bertz CT molecular complexity index is 497. The van der Waals surface area contributed by atoms with Crippen LogP contribution in [-0.2, 0) is 9.53 Å². The first-order valence-corrected chi connectivity index (χ1v) is 6.21. The largest absolute Gasteiger partial charge is 0.476 e. The van der Waals surface area contributed by atoms with Gasteiger partial charge >= 0.3 is 5.97 Å². The Hall–Kier alpha value is -2.00. The average molecular weight is 283 g/mol. The first-order chi connectivity index (χ1) is 9.52. The highest BCUT2D eigenvalue weighted by Gasteiger charge is 2.35. The van der Waals surface area contributed by atoms with Crippen molar-refractivity contribution in [2.24, 2.45) is 5.73 Å². The Kier molecular flexibility index (Phi) is 4.30. The first kappa shape index (κ1) is 14.4. The SMILES string of the molecule is COCCC(N)C(=O)N1CC(n2cc(C(=O)O)nn2)C1. The number of nitrogens with two attached hydrogens (primary N) is 1. The number of methoxy groups -OCH3 is 1. The summed E-state index contributed by atoms with van der Waals surface area (Å²) in [7, 11) is 1.56. The highest BCUT2D eigenvalue weighted by Crippen LogP contribution is 2.21. The van der Waals surface area contributed by atoms with Crippen molar-refractivity contribution in [3.63, 3.8) is 0 Å². The van der Waals surface area contributed by atoms with Crippen molar-refractivity contribution >= 4 is 11.9 Å². The lowest BCUT2D eigenvalue weighted by Crippen LogP contribution is -2.55. The number of aromatic carboxylic acids is 1. The van der Waals surface area contributed by atoms with Crippen LogP contribution in [0, 0.1) is 0 Å². The zero-order chi connectivity index (χ0) is 14.7. The summed E-state index contributed by atoms with van der Waals surface area (Å²) in [6.45, 7) is 1.36. The summed E-state index contributed by atoms with van der Waals surface area (Å²) in [6, 6.07) is -0.615. The van der Waals surface area contributed by atoms with Gasteiger partial charge in [-0.15, -0.1) is 5.10 Å². The molecule has 0 bridgehead atoms. The van der Waals surface area contributed by atoms with E-state index in [9.17, 15) is 9.59 Å². The molecule has 1 aliphatic rings. The molecule has 1 fully saturated rings. The van der Waals surface area contributed by atoms with E-state index in [1.807, 2.05) is 0 Å². The van der Waals surface area contributed by atoms with Gasteiger partial charge < -0.3 is 20.5 Å². The van der Waals surface area contributed by atoms with Gasteiger partial charge in [0.05, 0.1) is 18.3 Å². The third-order valence-electron chi connectivity index (χ3n) is 3.23. The van der Waals surface area contributed by atoms with Crippen LogP contribution in [0.4, 0.5) is 0 Å². The van der Waals surface area contributed by atoms with Gasteiger partial charge in [0.25, 0.3) is 0 Å². The Balaban J connectivity index is 1.84. The van der Waals surface area contributed by atoms with Gasteiger partial charge in [0.15, 0.2) is 5.69 Å². The summed E-state index contributed by atoms with van der Waals surface area (Å²) in [5.74, 6) is -1.25. The lowest BCUT2D eigenvalue weighted by Gasteiger charge is -2.40.